The SMILES string of the molecule is CCCCON[C@@](C)(C[C@H](O)C(F)(F)F)c1ccccc1F. The highest BCUT2D eigenvalue weighted by Crippen LogP contribution is 2.33. The average Bonchev–Trinajstić information content (AvgIpc) is 2.43. The summed E-state index contributed by atoms with van der Waals surface area (Å²) in [5.74, 6) is -0.661. The molecule has 126 valence electrons. The summed E-state index contributed by atoms with van der Waals surface area (Å²) >= 11 is 0. The molecule has 0 fully saturated rings. The molecule has 0 spiro atoms. The van der Waals surface area contributed by atoms with E-state index in [9.17, 15) is 22.7 Å². The van der Waals surface area contributed by atoms with E-state index in [2.05, 4.69) is 5.48 Å². The van der Waals surface area contributed by atoms with E-state index >= 15 is 0 Å². The van der Waals surface area contributed by atoms with Gasteiger partial charge in [0.1, 0.15) is 5.82 Å². The molecular weight excluding hydrogens is 302 g/mol. The number of unbranched alkanes of at least 4 members (excludes halogenated alkanes) is 1. The number of halogens is 4. The number of benzene rings is 1. The Bertz CT molecular complexity index is 467. The van der Waals surface area contributed by atoms with E-state index in [0.717, 1.165) is 12.5 Å². The van der Waals surface area contributed by atoms with Crippen molar-refractivity contribution in [1.29, 1.82) is 0 Å². The van der Waals surface area contributed by atoms with Crippen LogP contribution in [0, 0.1) is 5.82 Å². The summed E-state index contributed by atoms with van der Waals surface area (Å²) in [6.45, 7) is 3.59. The summed E-state index contributed by atoms with van der Waals surface area (Å²) in [6, 6.07) is 5.48. The van der Waals surface area contributed by atoms with Crippen molar-refractivity contribution in [1.82, 2.24) is 5.48 Å². The minimum atomic E-state index is -4.78. The van der Waals surface area contributed by atoms with Gasteiger partial charge < -0.3 is 9.94 Å². The van der Waals surface area contributed by atoms with Crippen LogP contribution in [0.3, 0.4) is 0 Å². The largest absolute Gasteiger partial charge is 0.414 e. The summed E-state index contributed by atoms with van der Waals surface area (Å²) in [4.78, 5) is 5.17. The quantitative estimate of drug-likeness (QED) is 0.436. The third-order valence-corrected chi connectivity index (χ3v) is 3.35. The minimum Gasteiger partial charge on any atom is -0.384 e. The normalized spacial score (nSPS) is 16.3. The van der Waals surface area contributed by atoms with Crippen LogP contribution in [0.1, 0.15) is 38.7 Å². The fourth-order valence-electron chi connectivity index (χ4n) is 2.04. The van der Waals surface area contributed by atoms with Crippen molar-refractivity contribution in [3.8, 4) is 0 Å². The van der Waals surface area contributed by atoms with E-state index in [1.54, 1.807) is 0 Å². The fraction of sp³-hybridized carbons (Fsp3) is 0.600. The zero-order chi connectivity index (χ0) is 16.8. The predicted molar refractivity (Wildman–Crippen MR) is 74.4 cm³/mol. The maximum Gasteiger partial charge on any atom is 0.414 e. The number of nitrogens with one attached hydrogen (secondary N) is 1. The maximum absolute atomic E-state index is 13.9. The van der Waals surface area contributed by atoms with Gasteiger partial charge in [-0.15, -0.1) is 0 Å². The second-order valence-electron chi connectivity index (χ2n) is 5.38. The lowest BCUT2D eigenvalue weighted by Crippen LogP contribution is -2.46. The summed E-state index contributed by atoms with van der Waals surface area (Å²) in [6.07, 6.45) is -6.56. The highest BCUT2D eigenvalue weighted by molar-refractivity contribution is 5.25. The molecule has 0 aliphatic carbocycles. The zero-order valence-corrected chi connectivity index (χ0v) is 12.6. The molecule has 22 heavy (non-hydrogen) atoms. The van der Waals surface area contributed by atoms with Gasteiger partial charge in [0.05, 0.1) is 12.1 Å². The van der Waals surface area contributed by atoms with Gasteiger partial charge >= 0.3 is 6.18 Å². The number of hydrogen-bond acceptors (Lipinski definition) is 3. The Morgan fingerprint density at radius 2 is 1.91 bits per heavy atom. The first-order valence-corrected chi connectivity index (χ1v) is 7.09. The fourth-order valence-corrected chi connectivity index (χ4v) is 2.04. The molecule has 1 aromatic carbocycles. The monoisotopic (exact) mass is 323 g/mol. The molecular formula is C15H21F4NO2. The van der Waals surface area contributed by atoms with Crippen molar-refractivity contribution >= 4 is 0 Å². The Hall–Kier alpha value is -1.18. The van der Waals surface area contributed by atoms with Crippen molar-refractivity contribution in [2.45, 2.75) is 50.9 Å². The second kappa shape index (κ2) is 7.89. The van der Waals surface area contributed by atoms with Gasteiger partial charge in [0, 0.05) is 12.0 Å². The topological polar surface area (TPSA) is 41.5 Å². The van der Waals surface area contributed by atoms with Crippen LogP contribution in [0.4, 0.5) is 17.6 Å². The van der Waals surface area contributed by atoms with Gasteiger partial charge in [0.2, 0.25) is 0 Å². The van der Waals surface area contributed by atoms with Crippen LogP contribution in [0.25, 0.3) is 0 Å². The van der Waals surface area contributed by atoms with E-state index < -0.39 is 30.1 Å². The van der Waals surface area contributed by atoms with Crippen molar-refractivity contribution in [3.05, 3.63) is 35.6 Å². The Morgan fingerprint density at radius 1 is 1.27 bits per heavy atom. The van der Waals surface area contributed by atoms with Gasteiger partial charge in [0.25, 0.3) is 0 Å². The van der Waals surface area contributed by atoms with Crippen LogP contribution in [0.15, 0.2) is 24.3 Å². The molecule has 0 heterocycles. The number of hydroxylamine groups is 1. The number of alkyl halides is 3. The lowest BCUT2D eigenvalue weighted by Gasteiger charge is -2.33. The molecule has 2 N–H and O–H groups in total. The van der Waals surface area contributed by atoms with Crippen molar-refractivity contribution in [2.24, 2.45) is 0 Å². The van der Waals surface area contributed by atoms with Crippen LogP contribution in [0.2, 0.25) is 0 Å². The first-order valence-electron chi connectivity index (χ1n) is 7.09. The zero-order valence-electron chi connectivity index (χ0n) is 12.6. The molecule has 1 rings (SSSR count). The van der Waals surface area contributed by atoms with Gasteiger partial charge in [-0.25, -0.2) is 4.39 Å². The molecule has 7 heteroatoms. The van der Waals surface area contributed by atoms with Gasteiger partial charge in [-0.05, 0) is 19.4 Å². The van der Waals surface area contributed by atoms with E-state index in [4.69, 9.17) is 4.84 Å². The summed E-state index contributed by atoms with van der Waals surface area (Å²) in [7, 11) is 0. The lowest BCUT2D eigenvalue weighted by atomic mass is 9.86. The molecule has 3 nitrogen and oxygen atoms in total. The second-order valence-corrected chi connectivity index (χ2v) is 5.38. The number of hydrogen-bond donors (Lipinski definition) is 2. The van der Waals surface area contributed by atoms with E-state index in [0.29, 0.717) is 6.42 Å². The van der Waals surface area contributed by atoms with Crippen LogP contribution in [-0.2, 0) is 10.4 Å². The molecule has 0 aliphatic rings. The lowest BCUT2D eigenvalue weighted by molar-refractivity contribution is -0.214. The number of aliphatic hydroxyl groups is 1. The Labute approximate surface area is 127 Å². The standard InChI is InChI=1S/C15H21F4NO2/c1-3-4-9-22-20-14(2,10-13(21)15(17,18)19)11-7-5-6-8-12(11)16/h5-8,13,20-21H,3-4,9-10H2,1-2H3/t13-,14-/m0/s1. The molecule has 0 amide bonds. The first kappa shape index (κ1) is 18.9. The molecule has 0 radical (unpaired) electrons. The highest BCUT2D eigenvalue weighted by atomic mass is 19.4. The van der Waals surface area contributed by atoms with Gasteiger partial charge in [0.15, 0.2) is 6.10 Å². The highest BCUT2D eigenvalue weighted by Gasteiger charge is 2.44. The van der Waals surface area contributed by atoms with Crippen LogP contribution >= 0.6 is 0 Å². The number of rotatable bonds is 8. The van der Waals surface area contributed by atoms with Crippen molar-refractivity contribution in [2.75, 3.05) is 6.61 Å². The molecule has 2 atom stereocenters. The molecule has 0 aliphatic heterocycles. The number of aliphatic hydroxyl groups excluding tert-OH is 1. The molecule has 0 bridgehead atoms. The van der Waals surface area contributed by atoms with Crippen LogP contribution in [0.5, 0.6) is 0 Å². The molecule has 0 unspecified atom stereocenters. The van der Waals surface area contributed by atoms with Gasteiger partial charge in [-0.1, -0.05) is 31.5 Å². The van der Waals surface area contributed by atoms with Crippen molar-refractivity contribution < 1.29 is 27.5 Å². The average molecular weight is 323 g/mol. The molecule has 0 saturated carbocycles. The van der Waals surface area contributed by atoms with Crippen molar-refractivity contribution in [3.63, 3.8) is 0 Å². The Morgan fingerprint density at radius 3 is 2.45 bits per heavy atom. The van der Waals surface area contributed by atoms with Crippen LogP contribution in [-0.4, -0.2) is 24.0 Å². The predicted octanol–water partition coefficient (Wildman–Crippen LogP) is 3.68. The minimum absolute atomic E-state index is 0.00907. The third kappa shape index (κ3) is 5.23. The first-order chi connectivity index (χ1) is 10.2. The molecule has 1 aromatic rings. The maximum atomic E-state index is 13.9. The summed E-state index contributed by atoms with van der Waals surface area (Å²) < 4.78 is 51.8. The summed E-state index contributed by atoms with van der Waals surface area (Å²) in [5, 5.41) is 9.33. The molecule has 0 saturated heterocycles. The third-order valence-electron chi connectivity index (χ3n) is 3.35. The van der Waals surface area contributed by atoms with E-state index in [1.807, 2.05) is 6.92 Å². The smallest absolute Gasteiger partial charge is 0.384 e. The molecule has 0 aromatic heterocycles. The van der Waals surface area contributed by atoms with E-state index in [1.165, 1.54) is 25.1 Å². The van der Waals surface area contributed by atoms with E-state index in [-0.39, 0.29) is 12.2 Å². The Balaban J connectivity index is 2.96. The Kier molecular flexibility index (Phi) is 6.77. The van der Waals surface area contributed by atoms with Crippen LogP contribution < -0.4 is 5.48 Å². The van der Waals surface area contributed by atoms with Gasteiger partial charge in [-0.3, -0.25) is 0 Å². The summed E-state index contributed by atoms with van der Waals surface area (Å²) in [5.41, 5.74) is 0.994. The van der Waals surface area contributed by atoms with Gasteiger partial charge in [-0.2, -0.15) is 18.7 Å².